The number of nitrogens with one attached hydrogen (secondary N) is 1. The smallest absolute Gasteiger partial charge is 0.225 e. The van der Waals surface area contributed by atoms with Crippen LogP contribution in [0.2, 0.25) is 0 Å². The quantitative estimate of drug-likeness (QED) is 0.614. The average molecular weight is 373 g/mol. The second-order valence-corrected chi connectivity index (χ2v) is 7.12. The van der Waals surface area contributed by atoms with Crippen molar-refractivity contribution in [1.29, 1.82) is 5.26 Å². The van der Waals surface area contributed by atoms with E-state index in [0.29, 0.717) is 22.8 Å². The van der Waals surface area contributed by atoms with Crippen molar-refractivity contribution in [3.63, 3.8) is 0 Å². The Hall–Kier alpha value is -3.10. The van der Waals surface area contributed by atoms with Crippen molar-refractivity contribution in [1.82, 2.24) is 4.98 Å². The van der Waals surface area contributed by atoms with E-state index < -0.39 is 0 Å². The van der Waals surface area contributed by atoms with Crippen LogP contribution in [-0.4, -0.2) is 16.6 Å². The van der Waals surface area contributed by atoms with Crippen LogP contribution in [0.4, 0.5) is 5.69 Å². The summed E-state index contributed by atoms with van der Waals surface area (Å²) in [6, 6.07) is 23.3. The van der Waals surface area contributed by atoms with E-state index in [4.69, 9.17) is 0 Å². The van der Waals surface area contributed by atoms with E-state index >= 15 is 0 Å². The molecule has 0 saturated carbocycles. The second-order valence-electron chi connectivity index (χ2n) is 6.04. The fourth-order valence-electron chi connectivity index (χ4n) is 2.51. The van der Waals surface area contributed by atoms with Crippen LogP contribution in [0.5, 0.6) is 0 Å². The molecular formula is C22H19N3OS. The van der Waals surface area contributed by atoms with Gasteiger partial charge in [-0.25, -0.2) is 4.98 Å². The topological polar surface area (TPSA) is 65.8 Å². The minimum absolute atomic E-state index is 0.0518. The summed E-state index contributed by atoms with van der Waals surface area (Å²) in [5.41, 5.74) is 4.29. The van der Waals surface area contributed by atoms with Crippen molar-refractivity contribution in [3.05, 3.63) is 77.9 Å². The van der Waals surface area contributed by atoms with Crippen LogP contribution in [0.25, 0.3) is 11.3 Å². The lowest BCUT2D eigenvalue weighted by Gasteiger charge is -2.08. The van der Waals surface area contributed by atoms with Crippen LogP contribution in [0.1, 0.15) is 17.5 Å². The molecule has 0 radical (unpaired) electrons. The summed E-state index contributed by atoms with van der Waals surface area (Å²) in [4.78, 5) is 16.7. The van der Waals surface area contributed by atoms with Gasteiger partial charge in [0.25, 0.3) is 0 Å². The molecule has 134 valence electrons. The van der Waals surface area contributed by atoms with Crippen molar-refractivity contribution in [2.24, 2.45) is 0 Å². The van der Waals surface area contributed by atoms with E-state index in [1.807, 2.05) is 67.6 Å². The van der Waals surface area contributed by atoms with Gasteiger partial charge in [0.05, 0.1) is 11.3 Å². The van der Waals surface area contributed by atoms with Crippen LogP contribution in [0, 0.1) is 18.3 Å². The van der Waals surface area contributed by atoms with Gasteiger partial charge in [0.15, 0.2) is 0 Å². The minimum Gasteiger partial charge on any atom is -0.326 e. The lowest BCUT2D eigenvalue weighted by Crippen LogP contribution is -2.12. The maximum absolute atomic E-state index is 12.1. The molecule has 0 saturated heterocycles. The van der Waals surface area contributed by atoms with Gasteiger partial charge in [-0.05, 0) is 31.2 Å². The first kappa shape index (κ1) is 18.7. The molecule has 3 rings (SSSR count). The zero-order valence-corrected chi connectivity index (χ0v) is 15.8. The highest BCUT2D eigenvalue weighted by Gasteiger charge is 2.09. The third kappa shape index (κ3) is 5.19. The summed E-state index contributed by atoms with van der Waals surface area (Å²) in [6.07, 6.45) is 0.348. The average Bonchev–Trinajstić information content (AvgIpc) is 2.70. The second kappa shape index (κ2) is 9.02. The standard InChI is InChI=1S/C22H19N3OS/c1-16-7-10-19(11-8-16)24-21(26)13-14-27-22-18(15-23)9-12-20(25-22)17-5-3-2-4-6-17/h2-12H,13-14H2,1H3,(H,24,26). The number of nitrogens with zero attached hydrogens (tertiary/aromatic N) is 2. The highest BCUT2D eigenvalue weighted by Crippen LogP contribution is 2.25. The van der Waals surface area contributed by atoms with E-state index in [9.17, 15) is 10.1 Å². The molecule has 0 aliphatic carbocycles. The fourth-order valence-corrected chi connectivity index (χ4v) is 3.42. The number of carbonyl (C=O) groups is 1. The van der Waals surface area contributed by atoms with E-state index in [-0.39, 0.29) is 5.91 Å². The van der Waals surface area contributed by atoms with Gasteiger partial charge in [-0.3, -0.25) is 4.79 Å². The van der Waals surface area contributed by atoms with Gasteiger partial charge in [-0.15, -0.1) is 11.8 Å². The molecule has 1 heterocycles. The molecule has 1 N–H and O–H groups in total. The summed E-state index contributed by atoms with van der Waals surface area (Å²) in [7, 11) is 0. The Labute approximate surface area is 163 Å². The Kier molecular flexibility index (Phi) is 6.24. The third-order valence-corrected chi connectivity index (χ3v) is 4.95. The minimum atomic E-state index is -0.0518. The third-order valence-electron chi connectivity index (χ3n) is 3.95. The van der Waals surface area contributed by atoms with Crippen LogP contribution < -0.4 is 5.32 Å². The zero-order chi connectivity index (χ0) is 19.1. The predicted molar refractivity (Wildman–Crippen MR) is 110 cm³/mol. The predicted octanol–water partition coefficient (Wildman–Crippen LogP) is 5.05. The summed E-state index contributed by atoms with van der Waals surface area (Å²) < 4.78 is 0. The number of nitriles is 1. The molecule has 0 aliphatic rings. The molecule has 0 fully saturated rings. The first-order chi connectivity index (χ1) is 13.2. The number of thioether (sulfide) groups is 1. The van der Waals surface area contributed by atoms with Crippen LogP contribution >= 0.6 is 11.8 Å². The molecular weight excluding hydrogens is 354 g/mol. The summed E-state index contributed by atoms with van der Waals surface area (Å²) in [5.74, 6) is 0.501. The monoisotopic (exact) mass is 373 g/mol. The lowest BCUT2D eigenvalue weighted by molar-refractivity contribution is -0.115. The molecule has 0 spiro atoms. The fraction of sp³-hybridized carbons (Fsp3) is 0.136. The Morgan fingerprint density at radius 1 is 1.07 bits per heavy atom. The normalized spacial score (nSPS) is 10.2. The maximum Gasteiger partial charge on any atom is 0.225 e. The van der Waals surface area contributed by atoms with Crippen LogP contribution in [0.3, 0.4) is 0 Å². The number of aryl methyl sites for hydroxylation is 1. The van der Waals surface area contributed by atoms with Gasteiger partial charge >= 0.3 is 0 Å². The van der Waals surface area contributed by atoms with Gasteiger partial charge in [0.1, 0.15) is 11.1 Å². The van der Waals surface area contributed by atoms with Crippen molar-refractivity contribution in [3.8, 4) is 17.3 Å². The van der Waals surface area contributed by atoms with Crippen molar-refractivity contribution in [2.75, 3.05) is 11.1 Å². The number of pyridine rings is 1. The number of amides is 1. The lowest BCUT2D eigenvalue weighted by atomic mass is 10.1. The number of benzene rings is 2. The molecule has 0 atom stereocenters. The molecule has 1 amide bonds. The highest BCUT2D eigenvalue weighted by atomic mass is 32.2. The van der Waals surface area contributed by atoms with Crippen molar-refractivity contribution >= 4 is 23.4 Å². The Morgan fingerprint density at radius 3 is 2.52 bits per heavy atom. The van der Waals surface area contributed by atoms with Crippen molar-refractivity contribution < 1.29 is 4.79 Å². The molecule has 0 bridgehead atoms. The van der Waals surface area contributed by atoms with E-state index in [1.54, 1.807) is 6.07 Å². The van der Waals surface area contributed by atoms with Crippen LogP contribution in [-0.2, 0) is 4.79 Å². The van der Waals surface area contributed by atoms with Gasteiger partial charge in [0.2, 0.25) is 5.91 Å². The summed E-state index contributed by atoms with van der Waals surface area (Å²) in [6.45, 7) is 2.01. The molecule has 1 aromatic heterocycles. The molecule has 27 heavy (non-hydrogen) atoms. The molecule has 3 aromatic rings. The van der Waals surface area contributed by atoms with Gasteiger partial charge < -0.3 is 5.32 Å². The molecule has 5 heteroatoms. The van der Waals surface area contributed by atoms with Gasteiger partial charge in [-0.2, -0.15) is 5.26 Å². The molecule has 4 nitrogen and oxygen atoms in total. The number of anilines is 1. The molecule has 2 aromatic carbocycles. The first-order valence-corrected chi connectivity index (χ1v) is 9.60. The van der Waals surface area contributed by atoms with E-state index in [1.165, 1.54) is 11.8 Å². The first-order valence-electron chi connectivity index (χ1n) is 8.61. The number of aromatic nitrogens is 1. The van der Waals surface area contributed by atoms with Gasteiger partial charge in [0, 0.05) is 23.4 Å². The van der Waals surface area contributed by atoms with Crippen LogP contribution in [0.15, 0.2) is 71.8 Å². The van der Waals surface area contributed by atoms with Crippen molar-refractivity contribution in [2.45, 2.75) is 18.4 Å². The summed E-state index contributed by atoms with van der Waals surface area (Å²) >= 11 is 1.43. The van der Waals surface area contributed by atoms with E-state index in [2.05, 4.69) is 16.4 Å². The maximum atomic E-state index is 12.1. The number of carbonyl (C=O) groups excluding carboxylic acids is 1. The summed E-state index contributed by atoms with van der Waals surface area (Å²) in [5, 5.41) is 12.9. The Bertz CT molecular complexity index is 963. The van der Waals surface area contributed by atoms with Gasteiger partial charge in [-0.1, -0.05) is 48.0 Å². The molecule has 0 unspecified atom stereocenters. The highest BCUT2D eigenvalue weighted by molar-refractivity contribution is 7.99. The number of rotatable bonds is 6. The SMILES string of the molecule is Cc1ccc(NC(=O)CCSc2nc(-c3ccccc3)ccc2C#N)cc1. The largest absolute Gasteiger partial charge is 0.326 e. The Balaban J connectivity index is 1.62. The Morgan fingerprint density at radius 2 is 1.81 bits per heavy atom. The number of hydrogen-bond acceptors (Lipinski definition) is 4. The number of hydrogen-bond donors (Lipinski definition) is 1. The van der Waals surface area contributed by atoms with E-state index in [0.717, 1.165) is 22.5 Å². The molecule has 0 aliphatic heterocycles. The zero-order valence-electron chi connectivity index (χ0n) is 15.0.